The predicted octanol–water partition coefficient (Wildman–Crippen LogP) is 3.86. The van der Waals surface area contributed by atoms with Gasteiger partial charge in [-0.15, -0.1) is 0 Å². The van der Waals surface area contributed by atoms with Crippen molar-refractivity contribution in [2.75, 3.05) is 0 Å². The van der Waals surface area contributed by atoms with Gasteiger partial charge in [0.1, 0.15) is 0 Å². The van der Waals surface area contributed by atoms with Gasteiger partial charge < -0.3 is 0 Å². The lowest BCUT2D eigenvalue weighted by Gasteiger charge is -1.91. The summed E-state index contributed by atoms with van der Waals surface area (Å²) in [6.07, 6.45) is 7.07. The molecule has 0 saturated heterocycles. The van der Waals surface area contributed by atoms with Crippen LogP contribution >= 0.6 is 0 Å². The second kappa shape index (κ2) is 5.89. The van der Waals surface area contributed by atoms with Crippen molar-refractivity contribution in [3.8, 4) is 0 Å². The Morgan fingerprint density at radius 3 is 1.80 bits per heavy atom. The van der Waals surface area contributed by atoms with Crippen molar-refractivity contribution < 1.29 is 0 Å². The zero-order valence-corrected chi connectivity index (χ0v) is 10.8. The van der Waals surface area contributed by atoms with Crippen LogP contribution in [0, 0.1) is 0 Å². The molecule has 0 aliphatic carbocycles. The molecule has 0 N–H and O–H groups in total. The van der Waals surface area contributed by atoms with Crippen LogP contribution in [0.2, 0.25) is 0 Å². The Kier molecular flexibility index (Phi) is 3.60. The monoisotopic (exact) mass is 259 g/mol. The van der Waals surface area contributed by atoms with Gasteiger partial charge in [-0.05, 0) is 29.0 Å². The molecule has 2 heterocycles. The lowest BCUT2D eigenvalue weighted by Crippen LogP contribution is -1.78. The molecule has 0 bridgehead atoms. The first-order valence-electron chi connectivity index (χ1n) is 6.38. The molecule has 0 amide bonds. The zero-order chi connectivity index (χ0) is 13.6. The highest BCUT2D eigenvalue weighted by molar-refractivity contribution is 5.81. The summed E-state index contributed by atoms with van der Waals surface area (Å²) >= 11 is 0. The maximum Gasteiger partial charge on any atom is 0.0886 e. The number of hydrogen-bond donors (Lipinski definition) is 0. The fraction of sp³-hybridized carbons (Fsp3) is 0. The molecule has 4 aromatic rings. The highest BCUT2D eigenvalue weighted by atomic mass is 14.8. The van der Waals surface area contributed by atoms with Crippen LogP contribution in [-0.4, -0.2) is 15.0 Å². The van der Waals surface area contributed by atoms with Crippen LogP contribution in [0.25, 0.3) is 21.8 Å². The minimum Gasteiger partial charge on any atom is -0.264 e. The number of aromatic nitrogens is 3. The second-order valence-corrected chi connectivity index (χ2v) is 4.27. The molecule has 4 rings (SSSR count). The first-order chi connectivity index (χ1) is 9.93. The molecule has 0 aliphatic rings. The molecule has 3 heteroatoms. The molecule has 0 unspecified atom stereocenters. The fourth-order valence-corrected chi connectivity index (χ4v) is 1.94. The topological polar surface area (TPSA) is 38.7 Å². The number of hydrogen-bond acceptors (Lipinski definition) is 3. The van der Waals surface area contributed by atoms with E-state index in [0.29, 0.717) is 0 Å². The molecule has 0 saturated carbocycles. The number of rotatable bonds is 0. The molecular weight excluding hydrogens is 246 g/mol. The number of nitrogens with zero attached hydrogens (tertiary/aromatic N) is 3. The van der Waals surface area contributed by atoms with Crippen LogP contribution in [0.3, 0.4) is 0 Å². The van der Waals surface area contributed by atoms with E-state index in [1.807, 2.05) is 54.9 Å². The fourth-order valence-electron chi connectivity index (χ4n) is 1.94. The van der Waals surface area contributed by atoms with Crippen molar-refractivity contribution in [2.45, 2.75) is 0 Å². The van der Waals surface area contributed by atoms with Gasteiger partial charge in [0.2, 0.25) is 0 Å². The molecule has 2 aromatic heterocycles. The van der Waals surface area contributed by atoms with E-state index >= 15 is 0 Å². The lowest BCUT2D eigenvalue weighted by molar-refractivity contribution is 1.29. The van der Waals surface area contributed by atoms with Gasteiger partial charge in [-0.25, -0.2) is 0 Å². The summed E-state index contributed by atoms with van der Waals surface area (Å²) in [4.78, 5) is 12.3. The Morgan fingerprint density at radius 2 is 1.15 bits per heavy atom. The van der Waals surface area contributed by atoms with Crippen LogP contribution < -0.4 is 0 Å². The summed E-state index contributed by atoms with van der Waals surface area (Å²) in [5.74, 6) is 0. The number of benzene rings is 2. The number of para-hydroxylation sites is 2. The third-order valence-corrected chi connectivity index (χ3v) is 2.93. The largest absolute Gasteiger partial charge is 0.264 e. The van der Waals surface area contributed by atoms with Gasteiger partial charge in [-0.3, -0.25) is 15.0 Å². The van der Waals surface area contributed by atoms with Crippen molar-refractivity contribution in [3.05, 3.63) is 79.4 Å². The van der Waals surface area contributed by atoms with Crippen molar-refractivity contribution in [3.63, 3.8) is 0 Å². The van der Waals surface area contributed by atoms with Gasteiger partial charge in [-0.1, -0.05) is 36.4 Å². The Morgan fingerprint density at radius 1 is 0.550 bits per heavy atom. The van der Waals surface area contributed by atoms with E-state index in [0.717, 1.165) is 11.0 Å². The van der Waals surface area contributed by atoms with Crippen LogP contribution in [0.1, 0.15) is 0 Å². The van der Waals surface area contributed by atoms with Crippen molar-refractivity contribution in [1.29, 1.82) is 0 Å². The standard InChI is InChI=1S/C9H7N.C8H6N2/c1-2-4-9-7-10-6-5-8(9)3-1;1-2-4-8-7(3-1)9-5-6-10-8/h1-7H;1-6H. The Bertz CT molecular complexity index is 625. The molecule has 96 valence electrons. The van der Waals surface area contributed by atoms with Gasteiger partial charge >= 0.3 is 0 Å². The van der Waals surface area contributed by atoms with Gasteiger partial charge in [0.05, 0.1) is 11.0 Å². The lowest BCUT2D eigenvalue weighted by atomic mass is 10.2. The Balaban J connectivity index is 0.000000121. The molecule has 2 aromatic carbocycles. The zero-order valence-electron chi connectivity index (χ0n) is 10.8. The summed E-state index contributed by atoms with van der Waals surface area (Å²) in [7, 11) is 0. The Hall–Kier alpha value is -2.81. The molecular formula is C17H13N3. The van der Waals surface area contributed by atoms with Gasteiger partial charge in [0, 0.05) is 24.8 Å². The molecule has 0 atom stereocenters. The molecule has 20 heavy (non-hydrogen) atoms. The van der Waals surface area contributed by atoms with Crippen molar-refractivity contribution in [2.24, 2.45) is 0 Å². The molecule has 0 fully saturated rings. The van der Waals surface area contributed by atoms with E-state index in [2.05, 4.69) is 27.1 Å². The maximum atomic E-state index is 4.12. The third kappa shape index (κ3) is 2.78. The summed E-state index contributed by atoms with van der Waals surface area (Å²) in [6.45, 7) is 0. The van der Waals surface area contributed by atoms with E-state index in [9.17, 15) is 0 Å². The molecule has 0 radical (unpaired) electrons. The molecule has 0 aliphatic heterocycles. The SMILES string of the molecule is c1ccc2cnccc2c1.c1ccc2nccnc2c1. The average Bonchev–Trinajstić information content (AvgIpc) is 2.56. The molecule has 0 spiro atoms. The normalized spacial score (nSPS) is 10.0. The second-order valence-electron chi connectivity index (χ2n) is 4.27. The highest BCUT2D eigenvalue weighted by Gasteiger charge is 1.88. The van der Waals surface area contributed by atoms with E-state index in [-0.39, 0.29) is 0 Å². The first kappa shape index (κ1) is 12.2. The van der Waals surface area contributed by atoms with Crippen LogP contribution in [0.5, 0.6) is 0 Å². The van der Waals surface area contributed by atoms with E-state index in [4.69, 9.17) is 0 Å². The summed E-state index contributed by atoms with van der Waals surface area (Å²) in [5, 5.41) is 2.45. The predicted molar refractivity (Wildman–Crippen MR) is 81.3 cm³/mol. The highest BCUT2D eigenvalue weighted by Crippen LogP contribution is 2.09. The average molecular weight is 259 g/mol. The van der Waals surface area contributed by atoms with E-state index in [1.165, 1.54) is 10.8 Å². The molecule has 3 nitrogen and oxygen atoms in total. The smallest absolute Gasteiger partial charge is 0.0886 e. The van der Waals surface area contributed by atoms with Gasteiger partial charge in [-0.2, -0.15) is 0 Å². The van der Waals surface area contributed by atoms with Gasteiger partial charge in [0.15, 0.2) is 0 Å². The first-order valence-corrected chi connectivity index (χ1v) is 6.38. The number of pyridine rings is 1. The minimum absolute atomic E-state index is 0.949. The van der Waals surface area contributed by atoms with Crippen LogP contribution in [0.4, 0.5) is 0 Å². The van der Waals surface area contributed by atoms with Crippen LogP contribution in [-0.2, 0) is 0 Å². The summed E-state index contributed by atoms with van der Waals surface area (Å²) in [6, 6.07) is 18.0. The van der Waals surface area contributed by atoms with Crippen molar-refractivity contribution >= 4 is 21.8 Å². The minimum atomic E-state index is 0.949. The van der Waals surface area contributed by atoms with Crippen LogP contribution in [0.15, 0.2) is 79.4 Å². The van der Waals surface area contributed by atoms with Gasteiger partial charge in [0.25, 0.3) is 0 Å². The number of fused-ring (bicyclic) bond motifs is 2. The summed E-state index contributed by atoms with van der Waals surface area (Å²) in [5.41, 5.74) is 1.90. The summed E-state index contributed by atoms with van der Waals surface area (Å²) < 4.78 is 0. The van der Waals surface area contributed by atoms with E-state index in [1.54, 1.807) is 12.4 Å². The maximum absolute atomic E-state index is 4.12. The Labute approximate surface area is 117 Å². The quantitative estimate of drug-likeness (QED) is 0.481. The van der Waals surface area contributed by atoms with E-state index < -0.39 is 0 Å². The van der Waals surface area contributed by atoms with Crippen molar-refractivity contribution in [1.82, 2.24) is 15.0 Å². The third-order valence-electron chi connectivity index (χ3n) is 2.93.